The molecule has 0 spiro atoms. The number of amides is 3. The van der Waals surface area contributed by atoms with Gasteiger partial charge in [-0.1, -0.05) is 11.6 Å². The van der Waals surface area contributed by atoms with Crippen LogP contribution in [0.4, 0.5) is 0 Å². The number of nitrogens with one attached hydrogen (secondary N) is 2. The van der Waals surface area contributed by atoms with Gasteiger partial charge in [-0.15, -0.1) is 0 Å². The van der Waals surface area contributed by atoms with Crippen LogP contribution in [0.15, 0.2) is 42.5 Å². The Hall–Kier alpha value is -3.26. The zero-order valence-corrected chi connectivity index (χ0v) is 19.5. The van der Waals surface area contributed by atoms with Crippen molar-refractivity contribution in [2.45, 2.75) is 12.8 Å². The summed E-state index contributed by atoms with van der Waals surface area (Å²) in [5.41, 5.74) is 1.00. The molecule has 0 bridgehead atoms. The van der Waals surface area contributed by atoms with Crippen LogP contribution >= 0.6 is 11.6 Å². The summed E-state index contributed by atoms with van der Waals surface area (Å²) in [7, 11) is 3.08. The maximum absolute atomic E-state index is 12.9. The maximum Gasteiger partial charge on any atom is 0.254 e. The summed E-state index contributed by atoms with van der Waals surface area (Å²) in [5, 5.41) is 6.19. The van der Waals surface area contributed by atoms with Crippen molar-refractivity contribution in [3.8, 4) is 11.5 Å². The van der Waals surface area contributed by atoms with E-state index in [9.17, 15) is 14.4 Å². The number of likely N-dealkylation sites (tertiary alicyclic amines) is 1. The first-order chi connectivity index (χ1) is 15.9. The molecule has 33 heavy (non-hydrogen) atoms. The number of hydrogen-bond acceptors (Lipinski definition) is 5. The molecule has 1 aliphatic rings. The fourth-order valence-electron chi connectivity index (χ4n) is 3.67. The third kappa shape index (κ3) is 6.61. The lowest BCUT2D eigenvalue weighted by molar-refractivity contribution is -0.126. The van der Waals surface area contributed by atoms with Crippen molar-refractivity contribution < 1.29 is 23.9 Å². The summed E-state index contributed by atoms with van der Waals surface area (Å²) in [6.45, 7) is 1.64. The van der Waals surface area contributed by atoms with Crippen LogP contribution in [-0.2, 0) is 4.79 Å². The summed E-state index contributed by atoms with van der Waals surface area (Å²) < 4.78 is 10.5. The minimum atomic E-state index is -0.220. The number of rotatable bonds is 8. The molecule has 2 N–H and O–H groups in total. The lowest BCUT2D eigenvalue weighted by Gasteiger charge is -2.31. The molecular weight excluding hydrogens is 446 g/mol. The number of ether oxygens (including phenoxy) is 2. The summed E-state index contributed by atoms with van der Waals surface area (Å²) in [4.78, 5) is 39.2. The van der Waals surface area contributed by atoms with Crippen molar-refractivity contribution >= 4 is 29.3 Å². The zero-order valence-electron chi connectivity index (χ0n) is 18.7. The molecule has 2 aromatic rings. The van der Waals surface area contributed by atoms with E-state index >= 15 is 0 Å². The highest BCUT2D eigenvalue weighted by Crippen LogP contribution is 2.25. The van der Waals surface area contributed by atoms with Crippen LogP contribution in [0.5, 0.6) is 11.5 Å². The van der Waals surface area contributed by atoms with E-state index in [1.165, 1.54) is 14.2 Å². The van der Waals surface area contributed by atoms with Crippen LogP contribution in [0.1, 0.15) is 33.6 Å². The van der Waals surface area contributed by atoms with Crippen LogP contribution < -0.4 is 20.1 Å². The van der Waals surface area contributed by atoms with Gasteiger partial charge in [0.1, 0.15) is 11.5 Å². The average molecular weight is 474 g/mol. The Bertz CT molecular complexity index is 966. The fourth-order valence-corrected chi connectivity index (χ4v) is 3.79. The van der Waals surface area contributed by atoms with Crippen LogP contribution in [0.3, 0.4) is 0 Å². The monoisotopic (exact) mass is 473 g/mol. The summed E-state index contributed by atoms with van der Waals surface area (Å²) in [6, 6.07) is 11.7. The highest BCUT2D eigenvalue weighted by molar-refractivity contribution is 6.30. The van der Waals surface area contributed by atoms with Gasteiger partial charge in [-0.05, 0) is 49.2 Å². The third-order valence-electron chi connectivity index (χ3n) is 5.57. The quantitative estimate of drug-likeness (QED) is 0.575. The van der Waals surface area contributed by atoms with Gasteiger partial charge in [-0.2, -0.15) is 0 Å². The van der Waals surface area contributed by atoms with E-state index in [4.69, 9.17) is 21.1 Å². The molecule has 0 radical (unpaired) electrons. The zero-order chi connectivity index (χ0) is 23.8. The Morgan fingerprint density at radius 3 is 2.06 bits per heavy atom. The minimum absolute atomic E-state index is 0.0640. The minimum Gasteiger partial charge on any atom is -0.497 e. The second-order valence-electron chi connectivity index (χ2n) is 7.72. The molecule has 1 saturated heterocycles. The Labute approximate surface area is 198 Å². The smallest absolute Gasteiger partial charge is 0.254 e. The number of methoxy groups -OCH3 is 2. The number of nitrogens with zero attached hydrogens (tertiary/aromatic N) is 1. The Kier molecular flexibility index (Phi) is 8.54. The van der Waals surface area contributed by atoms with Crippen molar-refractivity contribution in [2.24, 2.45) is 5.92 Å². The van der Waals surface area contributed by atoms with E-state index in [1.54, 1.807) is 47.4 Å². The number of halogens is 1. The average Bonchev–Trinajstić information content (AvgIpc) is 2.86. The van der Waals surface area contributed by atoms with Crippen LogP contribution in [-0.4, -0.2) is 63.0 Å². The molecule has 1 heterocycles. The molecule has 0 saturated carbocycles. The molecule has 0 unspecified atom stereocenters. The van der Waals surface area contributed by atoms with Gasteiger partial charge in [0.05, 0.1) is 14.2 Å². The number of hydrogen-bond donors (Lipinski definition) is 2. The first-order valence-corrected chi connectivity index (χ1v) is 11.1. The number of piperidine rings is 1. The van der Waals surface area contributed by atoms with Crippen molar-refractivity contribution in [3.05, 3.63) is 58.6 Å². The molecule has 0 atom stereocenters. The number of carbonyl (C=O) groups is 3. The molecule has 1 fully saturated rings. The molecule has 3 rings (SSSR count). The highest BCUT2D eigenvalue weighted by atomic mass is 35.5. The Balaban J connectivity index is 1.42. The van der Waals surface area contributed by atoms with Gasteiger partial charge in [0.25, 0.3) is 11.8 Å². The molecular formula is C24H28ClN3O5. The highest BCUT2D eigenvalue weighted by Gasteiger charge is 2.28. The van der Waals surface area contributed by atoms with Crippen LogP contribution in [0.25, 0.3) is 0 Å². The van der Waals surface area contributed by atoms with E-state index in [0.717, 1.165) is 0 Å². The lowest BCUT2D eigenvalue weighted by atomic mass is 9.95. The molecule has 0 aliphatic carbocycles. The van der Waals surface area contributed by atoms with Gasteiger partial charge in [-0.25, -0.2) is 0 Å². The van der Waals surface area contributed by atoms with Crippen molar-refractivity contribution in [1.29, 1.82) is 0 Å². The molecule has 3 amide bonds. The second-order valence-corrected chi connectivity index (χ2v) is 8.16. The van der Waals surface area contributed by atoms with Gasteiger partial charge in [0.2, 0.25) is 5.91 Å². The molecule has 176 valence electrons. The van der Waals surface area contributed by atoms with Gasteiger partial charge in [-0.3, -0.25) is 14.4 Å². The van der Waals surface area contributed by atoms with Crippen LogP contribution in [0, 0.1) is 5.92 Å². The molecule has 1 aliphatic heterocycles. The second kappa shape index (κ2) is 11.6. The largest absolute Gasteiger partial charge is 0.497 e. The van der Waals surface area contributed by atoms with E-state index in [0.29, 0.717) is 66.7 Å². The summed E-state index contributed by atoms with van der Waals surface area (Å²) >= 11 is 5.82. The molecule has 2 aromatic carbocycles. The maximum atomic E-state index is 12.9. The summed E-state index contributed by atoms with van der Waals surface area (Å²) in [6.07, 6.45) is 1.16. The van der Waals surface area contributed by atoms with E-state index in [2.05, 4.69) is 10.6 Å². The summed E-state index contributed by atoms with van der Waals surface area (Å²) in [5.74, 6) is 0.537. The van der Waals surface area contributed by atoms with Gasteiger partial charge in [0, 0.05) is 54.3 Å². The standard InChI is InChI=1S/C24H28ClN3O5/c1-32-20-13-18(14-21(15-20)33-2)24(31)28-11-7-17(8-12-28)23(30)27-10-9-26-22(29)16-3-5-19(25)6-4-16/h3-6,13-15,17H,7-12H2,1-2H3,(H,26,29)(H,27,30). The topological polar surface area (TPSA) is 97.0 Å². The normalized spacial score (nSPS) is 13.8. The predicted molar refractivity (Wildman–Crippen MR) is 125 cm³/mol. The first-order valence-electron chi connectivity index (χ1n) is 10.7. The molecule has 0 aromatic heterocycles. The van der Waals surface area contributed by atoms with E-state index in [1.807, 2.05) is 0 Å². The van der Waals surface area contributed by atoms with Gasteiger partial charge >= 0.3 is 0 Å². The third-order valence-corrected chi connectivity index (χ3v) is 5.82. The molecule has 9 heteroatoms. The Morgan fingerprint density at radius 1 is 0.909 bits per heavy atom. The molecule has 8 nitrogen and oxygen atoms in total. The van der Waals surface area contributed by atoms with E-state index in [-0.39, 0.29) is 23.6 Å². The van der Waals surface area contributed by atoms with Crippen molar-refractivity contribution in [3.63, 3.8) is 0 Å². The number of carbonyl (C=O) groups excluding carboxylic acids is 3. The van der Waals surface area contributed by atoms with Crippen molar-refractivity contribution in [1.82, 2.24) is 15.5 Å². The fraction of sp³-hybridized carbons (Fsp3) is 0.375. The SMILES string of the molecule is COc1cc(OC)cc(C(=O)N2CCC(C(=O)NCCNC(=O)c3ccc(Cl)cc3)CC2)c1. The van der Waals surface area contributed by atoms with Gasteiger partial charge < -0.3 is 25.0 Å². The first kappa shape index (κ1) is 24.4. The Morgan fingerprint density at radius 2 is 1.48 bits per heavy atom. The lowest BCUT2D eigenvalue weighted by Crippen LogP contribution is -2.44. The number of benzene rings is 2. The van der Waals surface area contributed by atoms with Crippen LogP contribution in [0.2, 0.25) is 5.02 Å². The predicted octanol–water partition coefficient (Wildman–Crippen LogP) is 2.76. The van der Waals surface area contributed by atoms with Crippen molar-refractivity contribution in [2.75, 3.05) is 40.4 Å². The van der Waals surface area contributed by atoms with Gasteiger partial charge in [0.15, 0.2) is 0 Å². The van der Waals surface area contributed by atoms with E-state index < -0.39 is 0 Å².